The fourth-order valence-electron chi connectivity index (χ4n) is 3.58. The van der Waals surface area contributed by atoms with Crippen LogP contribution in [0.5, 0.6) is 0 Å². The van der Waals surface area contributed by atoms with Crippen LogP contribution in [-0.2, 0) is 22.8 Å². The summed E-state index contributed by atoms with van der Waals surface area (Å²) in [6.45, 7) is 7.72. The van der Waals surface area contributed by atoms with Crippen molar-refractivity contribution in [1.82, 2.24) is 0 Å². The molecule has 2 fully saturated rings. The molecule has 1 aliphatic carbocycles. The fourth-order valence-corrected chi connectivity index (χ4v) is 6.41. The van der Waals surface area contributed by atoms with Gasteiger partial charge in [-0.1, -0.05) is 0 Å². The van der Waals surface area contributed by atoms with Crippen LogP contribution in [0.25, 0.3) is 0 Å². The van der Waals surface area contributed by atoms with Gasteiger partial charge in [-0.3, -0.25) is 0 Å². The number of epoxide rings is 1. The normalized spacial score (nSPS) is 29.2. The van der Waals surface area contributed by atoms with Crippen molar-refractivity contribution in [1.29, 1.82) is 0 Å². The van der Waals surface area contributed by atoms with E-state index in [-0.39, 0.29) is 5.73 Å². The van der Waals surface area contributed by atoms with Gasteiger partial charge >= 0.3 is 8.80 Å². The summed E-state index contributed by atoms with van der Waals surface area (Å²) in [6.07, 6.45) is 6.86. The van der Waals surface area contributed by atoms with Gasteiger partial charge in [-0.2, -0.15) is 0 Å². The van der Waals surface area contributed by atoms with E-state index < -0.39 is 8.80 Å². The molecule has 0 aromatic carbocycles. The first kappa shape index (κ1) is 18.4. The minimum atomic E-state index is -2.77. The first-order chi connectivity index (χ1) is 10.7. The standard InChI is InChI=1S/C16H32O5Si/c1-5-18-22(19-6-2,20-7-3)16(17-4)11-9-13-8-10-14-15(12-13)21-14/h13-16H,5-12H2,1-4H3. The number of methoxy groups -OCH3 is 1. The van der Waals surface area contributed by atoms with Crippen molar-refractivity contribution in [3.05, 3.63) is 0 Å². The van der Waals surface area contributed by atoms with E-state index in [4.69, 9.17) is 22.8 Å². The minimum absolute atomic E-state index is 0.0785. The van der Waals surface area contributed by atoms with Crippen LogP contribution in [0.4, 0.5) is 0 Å². The molecule has 0 N–H and O–H groups in total. The number of hydrogen-bond donors (Lipinski definition) is 0. The lowest BCUT2D eigenvalue weighted by Gasteiger charge is -2.35. The molecular formula is C16H32O5Si. The number of hydrogen-bond acceptors (Lipinski definition) is 5. The molecule has 4 atom stereocenters. The Morgan fingerprint density at radius 2 is 1.64 bits per heavy atom. The highest BCUT2D eigenvalue weighted by molar-refractivity contribution is 6.62. The van der Waals surface area contributed by atoms with Gasteiger partial charge in [-0.15, -0.1) is 0 Å². The quantitative estimate of drug-likeness (QED) is 0.430. The molecule has 1 aliphatic heterocycles. The van der Waals surface area contributed by atoms with Crippen LogP contribution < -0.4 is 0 Å². The monoisotopic (exact) mass is 332 g/mol. The van der Waals surface area contributed by atoms with Crippen LogP contribution in [0.3, 0.4) is 0 Å². The van der Waals surface area contributed by atoms with Crippen molar-refractivity contribution < 1.29 is 22.8 Å². The summed E-state index contributed by atoms with van der Waals surface area (Å²) in [4.78, 5) is 0. The molecule has 2 rings (SSSR count). The molecule has 2 aliphatic rings. The zero-order valence-electron chi connectivity index (χ0n) is 14.5. The number of fused-ring (bicyclic) bond motifs is 1. The summed E-state index contributed by atoms with van der Waals surface area (Å²) in [5.74, 6) is 0.734. The van der Waals surface area contributed by atoms with Crippen molar-refractivity contribution in [3.8, 4) is 0 Å². The highest BCUT2D eigenvalue weighted by Gasteiger charge is 2.50. The van der Waals surface area contributed by atoms with Gasteiger partial charge in [0.05, 0.1) is 12.2 Å². The van der Waals surface area contributed by atoms with Crippen LogP contribution in [-0.4, -0.2) is 53.7 Å². The molecule has 0 amide bonds. The fraction of sp³-hybridized carbons (Fsp3) is 1.00. The average Bonchev–Trinajstić information content (AvgIpc) is 3.27. The second-order valence-corrected chi connectivity index (χ2v) is 8.81. The zero-order chi connectivity index (χ0) is 16.0. The minimum Gasteiger partial charge on any atom is -0.377 e. The van der Waals surface area contributed by atoms with E-state index in [2.05, 4.69) is 0 Å². The first-order valence-corrected chi connectivity index (χ1v) is 10.6. The molecule has 22 heavy (non-hydrogen) atoms. The Kier molecular flexibility index (Phi) is 7.30. The van der Waals surface area contributed by atoms with E-state index in [0.29, 0.717) is 32.0 Å². The third-order valence-electron chi connectivity index (χ3n) is 4.67. The Morgan fingerprint density at radius 1 is 1.00 bits per heavy atom. The Labute approximate surface area is 136 Å². The van der Waals surface area contributed by atoms with Gasteiger partial charge in [-0.25, -0.2) is 0 Å². The van der Waals surface area contributed by atoms with Gasteiger partial charge < -0.3 is 22.8 Å². The lowest BCUT2D eigenvalue weighted by Crippen LogP contribution is -2.57. The molecule has 4 unspecified atom stereocenters. The van der Waals surface area contributed by atoms with Crippen molar-refractivity contribution in [2.24, 2.45) is 5.92 Å². The van der Waals surface area contributed by atoms with Gasteiger partial charge in [0.15, 0.2) is 0 Å². The highest BCUT2D eigenvalue weighted by atomic mass is 28.4. The van der Waals surface area contributed by atoms with E-state index in [1.807, 2.05) is 20.8 Å². The molecule has 0 aromatic rings. The van der Waals surface area contributed by atoms with Crippen molar-refractivity contribution in [2.45, 2.75) is 70.8 Å². The maximum Gasteiger partial charge on any atom is 0.531 e. The maximum absolute atomic E-state index is 5.98. The largest absolute Gasteiger partial charge is 0.531 e. The van der Waals surface area contributed by atoms with Crippen molar-refractivity contribution in [2.75, 3.05) is 26.9 Å². The Morgan fingerprint density at radius 3 is 2.14 bits per heavy atom. The Bertz CT molecular complexity index is 311. The SMILES string of the molecule is CCO[Si](OCC)(OCC)C(CCC1CCC2OC2C1)OC. The second kappa shape index (κ2) is 8.75. The molecule has 1 heterocycles. The van der Waals surface area contributed by atoms with Crippen LogP contribution in [0, 0.1) is 5.92 Å². The van der Waals surface area contributed by atoms with E-state index in [9.17, 15) is 0 Å². The smallest absolute Gasteiger partial charge is 0.377 e. The Hall–Kier alpha value is 0.0169. The highest BCUT2D eigenvalue weighted by Crippen LogP contribution is 2.41. The lowest BCUT2D eigenvalue weighted by atomic mass is 9.86. The molecule has 0 radical (unpaired) electrons. The van der Waals surface area contributed by atoms with Crippen LogP contribution in [0.15, 0.2) is 0 Å². The summed E-state index contributed by atoms with van der Waals surface area (Å²) in [5, 5.41) is 0. The molecule has 1 saturated carbocycles. The van der Waals surface area contributed by atoms with E-state index in [1.54, 1.807) is 7.11 Å². The zero-order valence-corrected chi connectivity index (χ0v) is 15.5. The van der Waals surface area contributed by atoms with Crippen LogP contribution >= 0.6 is 0 Å². The average molecular weight is 333 g/mol. The number of rotatable bonds is 11. The molecule has 5 nitrogen and oxygen atoms in total. The summed E-state index contributed by atoms with van der Waals surface area (Å²) < 4.78 is 29.3. The molecule has 0 bridgehead atoms. The van der Waals surface area contributed by atoms with Gasteiger partial charge in [-0.05, 0) is 58.8 Å². The molecule has 0 aromatic heterocycles. The van der Waals surface area contributed by atoms with Gasteiger partial charge in [0.25, 0.3) is 0 Å². The molecule has 1 saturated heterocycles. The van der Waals surface area contributed by atoms with Crippen LogP contribution in [0.2, 0.25) is 0 Å². The summed E-state index contributed by atoms with van der Waals surface area (Å²) >= 11 is 0. The third kappa shape index (κ3) is 4.52. The Balaban J connectivity index is 1.92. The number of ether oxygens (including phenoxy) is 2. The maximum atomic E-state index is 5.98. The second-order valence-electron chi connectivity index (χ2n) is 6.10. The summed E-state index contributed by atoms with van der Waals surface area (Å²) in [5.41, 5.74) is -0.0785. The third-order valence-corrected chi connectivity index (χ3v) is 8.05. The van der Waals surface area contributed by atoms with E-state index in [1.165, 1.54) is 19.3 Å². The molecule has 6 heteroatoms. The first-order valence-electron chi connectivity index (χ1n) is 8.79. The topological polar surface area (TPSA) is 49.5 Å². The summed E-state index contributed by atoms with van der Waals surface area (Å²) in [7, 11) is -1.03. The van der Waals surface area contributed by atoms with Gasteiger partial charge in [0, 0.05) is 26.9 Å². The lowest BCUT2D eigenvalue weighted by molar-refractivity contribution is 0.00162. The van der Waals surface area contributed by atoms with E-state index in [0.717, 1.165) is 18.8 Å². The van der Waals surface area contributed by atoms with Crippen molar-refractivity contribution in [3.63, 3.8) is 0 Å². The molecular weight excluding hydrogens is 300 g/mol. The van der Waals surface area contributed by atoms with Crippen molar-refractivity contribution >= 4 is 8.80 Å². The molecule has 130 valence electrons. The van der Waals surface area contributed by atoms with E-state index >= 15 is 0 Å². The van der Waals surface area contributed by atoms with Gasteiger partial charge in [0.1, 0.15) is 5.73 Å². The molecule has 0 spiro atoms. The van der Waals surface area contributed by atoms with Gasteiger partial charge in [0.2, 0.25) is 0 Å². The van der Waals surface area contributed by atoms with Crippen LogP contribution in [0.1, 0.15) is 52.9 Å². The predicted octanol–water partition coefficient (Wildman–Crippen LogP) is 2.94. The summed E-state index contributed by atoms with van der Waals surface area (Å²) in [6, 6.07) is 0. The predicted molar refractivity (Wildman–Crippen MR) is 86.7 cm³/mol.